The first kappa shape index (κ1) is 16.3. The molecular formula is C16H26N2O2S. The van der Waals surface area contributed by atoms with Crippen LogP contribution in [-0.4, -0.2) is 15.0 Å². The number of benzene rings is 1. The highest BCUT2D eigenvalue weighted by atomic mass is 32.2. The number of aryl methyl sites for hydroxylation is 1. The number of hydrogen-bond donors (Lipinski definition) is 2. The Balaban J connectivity index is 2.11. The smallest absolute Gasteiger partial charge is 0.241 e. The van der Waals surface area contributed by atoms with Crippen molar-refractivity contribution in [2.45, 2.75) is 51.3 Å². The Morgan fingerprint density at radius 1 is 1.19 bits per heavy atom. The number of nitrogens with two attached hydrogens (primary N) is 1. The molecule has 118 valence electrons. The van der Waals surface area contributed by atoms with Gasteiger partial charge in [0.25, 0.3) is 0 Å². The van der Waals surface area contributed by atoms with E-state index in [-0.39, 0.29) is 0 Å². The van der Waals surface area contributed by atoms with Gasteiger partial charge in [-0.1, -0.05) is 25.8 Å². The standard InChI is InChI=1S/C16H26N2O2S/c1-11-4-7-14(8-5-11)10-18-21(19,20)16-12(2)6-9-15(17)13(16)3/h6,9,11,14,18H,4-5,7-8,10,17H2,1-3H3. The highest BCUT2D eigenvalue weighted by molar-refractivity contribution is 7.89. The molecule has 1 aromatic carbocycles. The molecule has 4 nitrogen and oxygen atoms in total. The minimum absolute atomic E-state index is 0.340. The van der Waals surface area contributed by atoms with Crippen LogP contribution >= 0.6 is 0 Å². The van der Waals surface area contributed by atoms with Gasteiger partial charge in [0.15, 0.2) is 0 Å². The number of anilines is 1. The zero-order chi connectivity index (χ0) is 15.6. The molecule has 2 rings (SSSR count). The van der Waals surface area contributed by atoms with E-state index in [2.05, 4.69) is 11.6 Å². The fourth-order valence-corrected chi connectivity index (χ4v) is 4.70. The summed E-state index contributed by atoms with van der Waals surface area (Å²) in [5.41, 5.74) is 7.75. The molecule has 1 aromatic rings. The molecule has 0 amide bonds. The maximum Gasteiger partial charge on any atom is 0.241 e. The molecule has 21 heavy (non-hydrogen) atoms. The number of nitrogens with one attached hydrogen (secondary N) is 1. The van der Waals surface area contributed by atoms with E-state index in [4.69, 9.17) is 5.73 Å². The quantitative estimate of drug-likeness (QED) is 0.840. The van der Waals surface area contributed by atoms with E-state index in [1.807, 2.05) is 6.92 Å². The van der Waals surface area contributed by atoms with Gasteiger partial charge >= 0.3 is 0 Å². The highest BCUT2D eigenvalue weighted by Crippen LogP contribution is 2.29. The van der Waals surface area contributed by atoms with Gasteiger partial charge in [-0.2, -0.15) is 0 Å². The minimum atomic E-state index is -3.49. The average Bonchev–Trinajstić information content (AvgIpc) is 2.43. The van der Waals surface area contributed by atoms with Crippen LogP contribution in [-0.2, 0) is 10.0 Å². The molecule has 0 saturated heterocycles. The largest absolute Gasteiger partial charge is 0.398 e. The lowest BCUT2D eigenvalue weighted by Gasteiger charge is -2.26. The fourth-order valence-electron chi connectivity index (χ4n) is 3.09. The molecule has 0 atom stereocenters. The average molecular weight is 310 g/mol. The molecule has 0 bridgehead atoms. The Morgan fingerprint density at radius 3 is 2.43 bits per heavy atom. The Hall–Kier alpha value is -1.07. The first-order valence-electron chi connectivity index (χ1n) is 7.66. The van der Waals surface area contributed by atoms with Crippen LogP contribution < -0.4 is 10.5 Å². The van der Waals surface area contributed by atoms with Crippen molar-refractivity contribution in [2.75, 3.05) is 12.3 Å². The molecule has 0 radical (unpaired) electrons. The molecule has 0 heterocycles. The summed E-state index contributed by atoms with van der Waals surface area (Å²) in [6, 6.07) is 3.52. The maximum atomic E-state index is 12.6. The molecule has 0 unspecified atom stereocenters. The van der Waals surface area contributed by atoms with Crippen molar-refractivity contribution in [3.63, 3.8) is 0 Å². The van der Waals surface area contributed by atoms with Gasteiger partial charge in [-0.15, -0.1) is 0 Å². The van der Waals surface area contributed by atoms with Gasteiger partial charge in [0.05, 0.1) is 4.90 Å². The monoisotopic (exact) mass is 310 g/mol. The summed E-state index contributed by atoms with van der Waals surface area (Å²) in [6.07, 6.45) is 4.61. The van der Waals surface area contributed by atoms with E-state index in [0.29, 0.717) is 28.6 Å². The summed E-state index contributed by atoms with van der Waals surface area (Å²) < 4.78 is 27.9. The molecule has 1 aliphatic carbocycles. The summed E-state index contributed by atoms with van der Waals surface area (Å²) >= 11 is 0. The van der Waals surface area contributed by atoms with Gasteiger partial charge in [-0.3, -0.25) is 0 Å². The normalized spacial score (nSPS) is 23.2. The van der Waals surface area contributed by atoms with Gasteiger partial charge in [0.1, 0.15) is 0 Å². The molecule has 1 aliphatic rings. The van der Waals surface area contributed by atoms with Crippen LogP contribution in [0.5, 0.6) is 0 Å². The first-order chi connectivity index (χ1) is 9.81. The predicted molar refractivity (Wildman–Crippen MR) is 86.6 cm³/mol. The lowest BCUT2D eigenvalue weighted by Crippen LogP contribution is -2.32. The number of nitrogen functional groups attached to an aromatic ring is 1. The van der Waals surface area contributed by atoms with E-state index in [1.165, 1.54) is 12.8 Å². The second kappa shape index (κ2) is 6.36. The van der Waals surface area contributed by atoms with Gasteiger partial charge < -0.3 is 5.73 Å². The number of sulfonamides is 1. The molecule has 1 fully saturated rings. The number of rotatable bonds is 4. The second-order valence-electron chi connectivity index (χ2n) is 6.40. The van der Waals surface area contributed by atoms with Crippen molar-refractivity contribution < 1.29 is 8.42 Å². The van der Waals surface area contributed by atoms with E-state index in [9.17, 15) is 8.42 Å². The Kier molecular flexibility index (Phi) is 4.94. The third kappa shape index (κ3) is 3.77. The SMILES string of the molecule is Cc1ccc(N)c(C)c1S(=O)(=O)NCC1CCC(C)CC1. The molecule has 1 saturated carbocycles. The molecule has 0 spiro atoms. The van der Waals surface area contributed by atoms with Gasteiger partial charge in [-0.25, -0.2) is 13.1 Å². The highest BCUT2D eigenvalue weighted by Gasteiger charge is 2.24. The topological polar surface area (TPSA) is 72.2 Å². The Labute approximate surface area is 128 Å². The maximum absolute atomic E-state index is 12.6. The molecule has 0 aliphatic heterocycles. The van der Waals surface area contributed by atoms with Crippen molar-refractivity contribution in [1.29, 1.82) is 0 Å². The van der Waals surface area contributed by atoms with Crippen LogP contribution in [0.15, 0.2) is 17.0 Å². The Morgan fingerprint density at radius 2 is 1.81 bits per heavy atom. The summed E-state index contributed by atoms with van der Waals surface area (Å²) in [5, 5.41) is 0. The molecule has 0 aromatic heterocycles. The van der Waals surface area contributed by atoms with Crippen molar-refractivity contribution in [2.24, 2.45) is 11.8 Å². The fraction of sp³-hybridized carbons (Fsp3) is 0.625. The third-order valence-electron chi connectivity index (χ3n) is 4.61. The summed E-state index contributed by atoms with van der Waals surface area (Å²) in [5.74, 6) is 1.23. The van der Waals surface area contributed by atoms with Crippen LogP contribution in [0, 0.1) is 25.7 Å². The summed E-state index contributed by atoms with van der Waals surface area (Å²) in [4.78, 5) is 0.340. The molecule has 5 heteroatoms. The summed E-state index contributed by atoms with van der Waals surface area (Å²) in [6.45, 7) is 6.37. The van der Waals surface area contributed by atoms with Crippen LogP contribution in [0.3, 0.4) is 0 Å². The van der Waals surface area contributed by atoms with Crippen molar-refractivity contribution >= 4 is 15.7 Å². The van der Waals surface area contributed by atoms with Crippen molar-refractivity contribution in [1.82, 2.24) is 4.72 Å². The zero-order valence-electron chi connectivity index (χ0n) is 13.1. The van der Waals surface area contributed by atoms with E-state index >= 15 is 0 Å². The second-order valence-corrected chi connectivity index (χ2v) is 8.11. The van der Waals surface area contributed by atoms with Gasteiger partial charge in [-0.05, 0) is 55.7 Å². The minimum Gasteiger partial charge on any atom is -0.398 e. The van der Waals surface area contributed by atoms with Crippen molar-refractivity contribution in [3.8, 4) is 0 Å². The Bertz CT molecular complexity index is 603. The molecular weight excluding hydrogens is 284 g/mol. The van der Waals surface area contributed by atoms with Crippen LogP contribution in [0.1, 0.15) is 43.7 Å². The lowest BCUT2D eigenvalue weighted by atomic mass is 9.83. The van der Waals surface area contributed by atoms with Crippen LogP contribution in [0.4, 0.5) is 5.69 Å². The summed E-state index contributed by atoms with van der Waals surface area (Å²) in [7, 11) is -3.49. The zero-order valence-corrected chi connectivity index (χ0v) is 14.0. The lowest BCUT2D eigenvalue weighted by molar-refractivity contribution is 0.290. The number of hydrogen-bond acceptors (Lipinski definition) is 3. The van der Waals surface area contributed by atoms with Gasteiger partial charge in [0.2, 0.25) is 10.0 Å². The predicted octanol–water partition coefficient (Wildman–Crippen LogP) is 2.99. The van der Waals surface area contributed by atoms with Crippen LogP contribution in [0.25, 0.3) is 0 Å². The van der Waals surface area contributed by atoms with Crippen molar-refractivity contribution in [3.05, 3.63) is 23.3 Å². The van der Waals surface area contributed by atoms with E-state index in [0.717, 1.165) is 24.3 Å². The van der Waals surface area contributed by atoms with E-state index < -0.39 is 10.0 Å². The van der Waals surface area contributed by atoms with Gasteiger partial charge in [0, 0.05) is 12.2 Å². The van der Waals surface area contributed by atoms with Crippen LogP contribution in [0.2, 0.25) is 0 Å². The van der Waals surface area contributed by atoms with E-state index in [1.54, 1.807) is 19.1 Å². The third-order valence-corrected chi connectivity index (χ3v) is 6.32. The first-order valence-corrected chi connectivity index (χ1v) is 9.15. The molecule has 3 N–H and O–H groups in total.